The molecule has 2 amide bonds. The molecule has 10 heteroatoms. The second kappa shape index (κ2) is 9.27. The molecule has 0 fully saturated rings. The first kappa shape index (κ1) is 23.1. The number of aryl methyl sites for hydroxylation is 1. The number of nitrogens with one attached hydrogen (secondary N) is 3. The second-order valence-corrected chi connectivity index (χ2v) is 7.19. The largest absolute Gasteiger partial charge is 0.417 e. The molecule has 32 heavy (non-hydrogen) atoms. The molecule has 0 aliphatic carbocycles. The Kier molecular flexibility index (Phi) is 6.69. The van der Waals surface area contributed by atoms with Gasteiger partial charge in [-0.25, -0.2) is 4.98 Å². The van der Waals surface area contributed by atoms with Gasteiger partial charge in [-0.15, -0.1) is 0 Å². The van der Waals surface area contributed by atoms with Crippen molar-refractivity contribution in [3.8, 4) is 0 Å². The van der Waals surface area contributed by atoms with E-state index in [1.807, 2.05) is 19.1 Å². The Hall–Kier alpha value is -3.59. The summed E-state index contributed by atoms with van der Waals surface area (Å²) < 4.78 is 39.5. The highest BCUT2D eigenvalue weighted by atomic mass is 35.5. The van der Waals surface area contributed by atoms with E-state index in [9.17, 15) is 22.8 Å². The molecular formula is C22H18ClF3N4O2. The first-order valence-corrected chi connectivity index (χ1v) is 9.71. The molecule has 0 aliphatic heterocycles. The lowest BCUT2D eigenvalue weighted by Crippen LogP contribution is -2.20. The van der Waals surface area contributed by atoms with Gasteiger partial charge in [-0.3, -0.25) is 9.59 Å². The minimum absolute atomic E-state index is 0.114. The number of carbonyl (C=O) groups is 2. The molecule has 0 bridgehead atoms. The van der Waals surface area contributed by atoms with Crippen molar-refractivity contribution in [1.29, 1.82) is 0 Å². The third kappa shape index (κ3) is 5.17. The number of amides is 2. The van der Waals surface area contributed by atoms with E-state index in [-0.39, 0.29) is 22.6 Å². The highest BCUT2D eigenvalue weighted by molar-refractivity contribution is 6.31. The molecule has 0 saturated heterocycles. The highest BCUT2D eigenvalue weighted by Crippen LogP contribution is 2.35. The van der Waals surface area contributed by atoms with Crippen LogP contribution in [-0.4, -0.2) is 23.8 Å². The molecule has 6 nitrogen and oxygen atoms in total. The average molecular weight is 463 g/mol. The Balaban J connectivity index is 1.99. The van der Waals surface area contributed by atoms with Gasteiger partial charge in [0.15, 0.2) is 5.82 Å². The molecule has 3 aromatic rings. The molecular weight excluding hydrogens is 445 g/mol. The molecule has 0 saturated carbocycles. The lowest BCUT2D eigenvalue weighted by molar-refractivity contribution is -0.137. The molecule has 2 aromatic carbocycles. The number of nitrogens with zero attached hydrogens (tertiary/aromatic N) is 1. The van der Waals surface area contributed by atoms with E-state index < -0.39 is 28.6 Å². The Labute approximate surface area is 186 Å². The van der Waals surface area contributed by atoms with E-state index in [1.165, 1.54) is 25.4 Å². The minimum Gasteiger partial charge on any atom is -0.355 e. The zero-order valence-corrected chi connectivity index (χ0v) is 17.7. The summed E-state index contributed by atoms with van der Waals surface area (Å²) in [5.74, 6) is -1.05. The molecule has 1 heterocycles. The fourth-order valence-electron chi connectivity index (χ4n) is 2.85. The van der Waals surface area contributed by atoms with Gasteiger partial charge in [0.05, 0.1) is 21.8 Å². The molecule has 166 valence electrons. The summed E-state index contributed by atoms with van der Waals surface area (Å²) in [6.45, 7) is 1.87. The van der Waals surface area contributed by atoms with Crippen molar-refractivity contribution in [3.63, 3.8) is 0 Å². The van der Waals surface area contributed by atoms with Crippen LogP contribution in [0.5, 0.6) is 0 Å². The Morgan fingerprint density at radius 3 is 2.34 bits per heavy atom. The fraction of sp³-hybridized carbons (Fsp3) is 0.136. The maximum Gasteiger partial charge on any atom is 0.417 e. The summed E-state index contributed by atoms with van der Waals surface area (Å²) >= 11 is 5.63. The Bertz CT molecular complexity index is 1180. The van der Waals surface area contributed by atoms with Crippen LogP contribution in [0.4, 0.5) is 30.4 Å². The first-order valence-electron chi connectivity index (χ1n) is 9.33. The van der Waals surface area contributed by atoms with Crippen molar-refractivity contribution < 1.29 is 22.8 Å². The summed E-state index contributed by atoms with van der Waals surface area (Å²) in [5.41, 5.74) is 0.493. The van der Waals surface area contributed by atoms with Crippen LogP contribution in [0, 0.1) is 6.92 Å². The van der Waals surface area contributed by atoms with Gasteiger partial charge in [0.25, 0.3) is 11.8 Å². The van der Waals surface area contributed by atoms with Crippen molar-refractivity contribution in [2.24, 2.45) is 0 Å². The normalized spacial score (nSPS) is 11.1. The van der Waals surface area contributed by atoms with E-state index in [4.69, 9.17) is 11.6 Å². The van der Waals surface area contributed by atoms with Gasteiger partial charge in [-0.05, 0) is 42.8 Å². The Morgan fingerprint density at radius 1 is 0.969 bits per heavy atom. The third-order valence-corrected chi connectivity index (χ3v) is 4.89. The standard InChI is InChI=1S/C22H18ClF3N4O2/c1-12-5-3-4-6-17(12)29-19-18(10-14(11-28-19)20(31)27-2)30-21(32)13-7-8-16(23)15(9-13)22(24,25)26/h3-11H,1-2H3,(H,27,31)(H,28,29)(H,30,32). The van der Waals surface area contributed by atoms with E-state index in [0.717, 1.165) is 11.6 Å². The van der Waals surface area contributed by atoms with Gasteiger partial charge in [-0.1, -0.05) is 29.8 Å². The summed E-state index contributed by atoms with van der Waals surface area (Å²) in [7, 11) is 1.44. The number of carbonyl (C=O) groups excluding carboxylic acids is 2. The quantitative estimate of drug-likeness (QED) is 0.473. The predicted molar refractivity (Wildman–Crippen MR) is 116 cm³/mol. The van der Waals surface area contributed by atoms with Crippen molar-refractivity contribution in [1.82, 2.24) is 10.3 Å². The van der Waals surface area contributed by atoms with Gasteiger partial charge in [0.2, 0.25) is 0 Å². The number of hydrogen-bond acceptors (Lipinski definition) is 4. The van der Waals surface area contributed by atoms with E-state index >= 15 is 0 Å². The molecule has 0 radical (unpaired) electrons. The SMILES string of the molecule is CNC(=O)c1cnc(Nc2ccccc2C)c(NC(=O)c2ccc(Cl)c(C(F)(F)F)c2)c1. The number of aromatic nitrogens is 1. The molecule has 3 rings (SSSR count). The number of benzene rings is 2. The average Bonchev–Trinajstić information content (AvgIpc) is 2.75. The van der Waals surface area contributed by atoms with Crippen LogP contribution in [-0.2, 0) is 6.18 Å². The summed E-state index contributed by atoms with van der Waals surface area (Å²) in [6.07, 6.45) is -3.40. The molecule has 3 N–H and O–H groups in total. The number of anilines is 3. The lowest BCUT2D eigenvalue weighted by atomic mass is 10.1. The van der Waals surface area contributed by atoms with Gasteiger partial charge in [-0.2, -0.15) is 13.2 Å². The topological polar surface area (TPSA) is 83.1 Å². The van der Waals surface area contributed by atoms with Crippen LogP contribution >= 0.6 is 11.6 Å². The number of para-hydroxylation sites is 1. The molecule has 0 aliphatic rings. The van der Waals surface area contributed by atoms with Crippen LogP contribution in [0.1, 0.15) is 31.8 Å². The lowest BCUT2D eigenvalue weighted by Gasteiger charge is -2.15. The zero-order chi connectivity index (χ0) is 23.5. The Morgan fingerprint density at radius 2 is 1.69 bits per heavy atom. The maximum absolute atomic E-state index is 13.2. The van der Waals surface area contributed by atoms with Gasteiger partial charge >= 0.3 is 6.18 Å². The molecule has 0 unspecified atom stereocenters. The van der Waals surface area contributed by atoms with E-state index in [1.54, 1.807) is 12.1 Å². The van der Waals surface area contributed by atoms with Gasteiger partial charge in [0, 0.05) is 24.5 Å². The second-order valence-electron chi connectivity index (χ2n) is 6.79. The predicted octanol–water partition coefficient (Wildman–Crippen LogP) is 5.42. The molecule has 0 spiro atoms. The molecule has 1 aromatic heterocycles. The van der Waals surface area contributed by atoms with Crippen molar-refractivity contribution in [2.45, 2.75) is 13.1 Å². The number of rotatable bonds is 5. The molecule has 0 atom stereocenters. The number of pyridine rings is 1. The van der Waals surface area contributed by atoms with Crippen molar-refractivity contribution >= 4 is 40.6 Å². The summed E-state index contributed by atoms with van der Waals surface area (Å²) in [6, 6.07) is 11.5. The third-order valence-electron chi connectivity index (χ3n) is 4.56. The van der Waals surface area contributed by atoms with Crippen LogP contribution in [0.2, 0.25) is 5.02 Å². The summed E-state index contributed by atoms with van der Waals surface area (Å²) in [5, 5.41) is 7.53. The zero-order valence-electron chi connectivity index (χ0n) is 17.0. The number of alkyl halides is 3. The van der Waals surface area contributed by atoms with E-state index in [2.05, 4.69) is 20.9 Å². The highest BCUT2D eigenvalue weighted by Gasteiger charge is 2.34. The van der Waals surface area contributed by atoms with E-state index in [0.29, 0.717) is 11.8 Å². The maximum atomic E-state index is 13.2. The van der Waals surface area contributed by atoms with Crippen LogP contribution in [0.25, 0.3) is 0 Å². The van der Waals surface area contributed by atoms with Crippen LogP contribution < -0.4 is 16.0 Å². The van der Waals surface area contributed by atoms with Gasteiger partial charge < -0.3 is 16.0 Å². The smallest absolute Gasteiger partial charge is 0.355 e. The number of halogens is 4. The van der Waals surface area contributed by atoms with Crippen molar-refractivity contribution in [2.75, 3.05) is 17.7 Å². The summed E-state index contributed by atoms with van der Waals surface area (Å²) in [4.78, 5) is 29.0. The van der Waals surface area contributed by atoms with Crippen LogP contribution in [0.3, 0.4) is 0 Å². The number of hydrogen-bond donors (Lipinski definition) is 3. The van der Waals surface area contributed by atoms with Crippen molar-refractivity contribution in [3.05, 3.63) is 82.0 Å². The van der Waals surface area contributed by atoms with Crippen LogP contribution in [0.15, 0.2) is 54.7 Å². The van der Waals surface area contributed by atoms with Gasteiger partial charge in [0.1, 0.15) is 0 Å². The fourth-order valence-corrected chi connectivity index (χ4v) is 3.07. The minimum atomic E-state index is -4.72. The monoisotopic (exact) mass is 462 g/mol. The first-order chi connectivity index (χ1) is 15.1.